The lowest BCUT2D eigenvalue weighted by Gasteiger charge is -2.32. The highest BCUT2D eigenvalue weighted by atomic mass is 32.1. The Bertz CT molecular complexity index is 883. The number of rotatable bonds is 5. The molecule has 0 spiro atoms. The lowest BCUT2D eigenvalue weighted by atomic mass is 10.0. The van der Waals surface area contributed by atoms with Crippen LogP contribution in [0.1, 0.15) is 28.1 Å². The third-order valence-electron chi connectivity index (χ3n) is 5.44. The number of hydrogen-bond donors (Lipinski definition) is 1. The number of halogens is 3. The van der Waals surface area contributed by atoms with Gasteiger partial charge in [-0.1, -0.05) is 18.2 Å². The van der Waals surface area contributed by atoms with Crippen LogP contribution >= 0.6 is 11.3 Å². The van der Waals surface area contributed by atoms with Gasteiger partial charge in [-0.25, -0.2) is 0 Å². The molecule has 0 unspecified atom stereocenters. The Kier molecular flexibility index (Phi) is 5.24. The molecule has 2 heterocycles. The Morgan fingerprint density at radius 3 is 2.52 bits per heavy atom. The molecule has 2 aromatic rings. The Labute approximate surface area is 169 Å². The van der Waals surface area contributed by atoms with Gasteiger partial charge in [0.25, 0.3) is 5.91 Å². The molecule has 1 aromatic carbocycles. The number of thiophene rings is 1. The number of hydrogen-bond acceptors (Lipinski definition) is 4. The summed E-state index contributed by atoms with van der Waals surface area (Å²) in [5.74, 6) is -0.199. The minimum absolute atomic E-state index is 0.0509. The summed E-state index contributed by atoms with van der Waals surface area (Å²) >= 11 is 1.40. The lowest BCUT2D eigenvalue weighted by molar-refractivity contribution is -0.274. The van der Waals surface area contributed by atoms with Crippen molar-refractivity contribution >= 4 is 23.2 Å². The first-order valence-electron chi connectivity index (χ1n) is 9.27. The second-order valence-corrected chi connectivity index (χ2v) is 8.30. The Morgan fingerprint density at radius 2 is 1.93 bits per heavy atom. The zero-order valence-electron chi connectivity index (χ0n) is 15.3. The van der Waals surface area contributed by atoms with E-state index in [1.165, 1.54) is 35.6 Å². The van der Waals surface area contributed by atoms with Crippen molar-refractivity contribution in [2.24, 2.45) is 5.92 Å². The van der Waals surface area contributed by atoms with Crippen molar-refractivity contribution in [2.75, 3.05) is 6.54 Å². The molecule has 1 aliphatic heterocycles. The van der Waals surface area contributed by atoms with Crippen molar-refractivity contribution < 1.29 is 27.5 Å². The Morgan fingerprint density at radius 1 is 1.17 bits per heavy atom. The maximum Gasteiger partial charge on any atom is 0.573 e. The Balaban J connectivity index is 1.30. The quantitative estimate of drug-likeness (QED) is 0.798. The number of carbonyl (C=O) groups excluding carboxylic acids is 2. The average molecular weight is 424 g/mol. The predicted molar refractivity (Wildman–Crippen MR) is 101 cm³/mol. The molecule has 1 saturated carbocycles. The van der Waals surface area contributed by atoms with Crippen molar-refractivity contribution in [3.05, 3.63) is 52.2 Å². The number of carbonyl (C=O) groups is 2. The number of nitrogens with zero attached hydrogens (tertiary/aromatic N) is 1. The number of amides is 2. The summed E-state index contributed by atoms with van der Waals surface area (Å²) in [6.45, 7) is 0.591. The van der Waals surface area contributed by atoms with Crippen LogP contribution in [0, 0.1) is 5.92 Å². The summed E-state index contributed by atoms with van der Waals surface area (Å²) in [6, 6.07) is 9.14. The molecule has 2 bridgehead atoms. The van der Waals surface area contributed by atoms with Crippen LogP contribution in [-0.4, -0.2) is 41.7 Å². The normalized spacial score (nSPS) is 23.3. The molecule has 1 N–H and O–H groups in total. The van der Waals surface area contributed by atoms with E-state index in [1.807, 2.05) is 16.3 Å². The van der Waals surface area contributed by atoms with Gasteiger partial charge in [0.1, 0.15) is 5.75 Å². The van der Waals surface area contributed by atoms with Gasteiger partial charge in [0.2, 0.25) is 5.91 Å². The summed E-state index contributed by atoms with van der Waals surface area (Å²) in [7, 11) is 0. The molecular weight excluding hydrogens is 405 g/mol. The molecule has 2 aliphatic rings. The molecule has 2 amide bonds. The van der Waals surface area contributed by atoms with E-state index in [-0.39, 0.29) is 42.0 Å². The number of likely N-dealkylation sites (tertiary alicyclic amines) is 1. The molecule has 154 valence electrons. The monoisotopic (exact) mass is 424 g/mol. The van der Waals surface area contributed by atoms with E-state index in [0.29, 0.717) is 17.0 Å². The largest absolute Gasteiger partial charge is 0.573 e. The first-order valence-corrected chi connectivity index (χ1v) is 10.1. The standard InChI is InChI=1S/C20H19F3N2O3S/c21-20(22,23)28-15-5-3-12(4-6-15)8-18(26)25-11-13-9-14(25)10-16(13)24-19(27)17-2-1-7-29-17/h1-7,13-14,16H,8-11H2,(H,24,27)/t13-,14-,16-/m0/s1. The first kappa shape index (κ1) is 19.8. The van der Waals surface area contributed by atoms with Gasteiger partial charge in [0.05, 0.1) is 11.3 Å². The molecule has 9 heteroatoms. The highest BCUT2D eigenvalue weighted by molar-refractivity contribution is 7.12. The fraction of sp³-hybridized carbons (Fsp3) is 0.400. The van der Waals surface area contributed by atoms with Crippen molar-refractivity contribution in [2.45, 2.75) is 37.7 Å². The molecule has 4 rings (SSSR count). The maximum absolute atomic E-state index is 12.7. The molecule has 1 aromatic heterocycles. The van der Waals surface area contributed by atoms with Gasteiger partial charge >= 0.3 is 6.36 Å². The number of piperidine rings is 1. The lowest BCUT2D eigenvalue weighted by Crippen LogP contribution is -2.48. The first-order chi connectivity index (χ1) is 13.8. The third-order valence-corrected chi connectivity index (χ3v) is 6.30. The van der Waals surface area contributed by atoms with E-state index in [4.69, 9.17) is 0 Å². The highest BCUT2D eigenvalue weighted by Gasteiger charge is 2.46. The summed E-state index contributed by atoms with van der Waals surface area (Å²) in [5, 5.41) is 4.93. The number of ether oxygens (including phenoxy) is 1. The Hall–Kier alpha value is -2.55. The molecule has 29 heavy (non-hydrogen) atoms. The summed E-state index contributed by atoms with van der Waals surface area (Å²) in [4.78, 5) is 27.4. The van der Waals surface area contributed by atoms with E-state index >= 15 is 0 Å². The van der Waals surface area contributed by atoms with Crippen molar-refractivity contribution in [3.63, 3.8) is 0 Å². The average Bonchev–Trinajstić information content (AvgIpc) is 3.39. The van der Waals surface area contributed by atoms with Crippen LogP contribution in [0.15, 0.2) is 41.8 Å². The molecular formula is C20H19F3N2O3S. The number of benzene rings is 1. The summed E-state index contributed by atoms with van der Waals surface area (Å²) < 4.78 is 40.5. The fourth-order valence-corrected chi connectivity index (χ4v) is 4.79. The van der Waals surface area contributed by atoms with Gasteiger partial charge in [0, 0.05) is 18.6 Å². The second kappa shape index (κ2) is 7.70. The van der Waals surface area contributed by atoms with Crippen LogP contribution in [0.25, 0.3) is 0 Å². The fourth-order valence-electron chi connectivity index (χ4n) is 4.17. The number of alkyl halides is 3. The van der Waals surface area contributed by atoms with Crippen molar-refractivity contribution in [3.8, 4) is 5.75 Å². The van der Waals surface area contributed by atoms with Crippen LogP contribution in [0.5, 0.6) is 5.75 Å². The van der Waals surface area contributed by atoms with Gasteiger partial charge in [-0.3, -0.25) is 9.59 Å². The molecule has 2 fully saturated rings. The minimum Gasteiger partial charge on any atom is -0.406 e. The predicted octanol–water partition coefficient (Wildman–Crippen LogP) is 3.61. The van der Waals surface area contributed by atoms with Crippen LogP contribution in [0.4, 0.5) is 13.2 Å². The maximum atomic E-state index is 12.7. The topological polar surface area (TPSA) is 58.6 Å². The van der Waals surface area contributed by atoms with Crippen molar-refractivity contribution in [1.82, 2.24) is 10.2 Å². The van der Waals surface area contributed by atoms with E-state index in [1.54, 1.807) is 6.07 Å². The van der Waals surface area contributed by atoms with Crippen LogP contribution in [0.2, 0.25) is 0 Å². The highest BCUT2D eigenvalue weighted by Crippen LogP contribution is 2.38. The SMILES string of the molecule is O=C(N[C@H]1C[C@@H]2C[C@H]1CN2C(=O)Cc1ccc(OC(F)(F)F)cc1)c1cccs1. The zero-order chi connectivity index (χ0) is 20.6. The molecule has 1 aliphatic carbocycles. The van der Waals surface area contributed by atoms with Gasteiger partial charge in [-0.05, 0) is 47.9 Å². The van der Waals surface area contributed by atoms with Crippen LogP contribution in [0.3, 0.4) is 0 Å². The van der Waals surface area contributed by atoms with Gasteiger partial charge in [0.15, 0.2) is 0 Å². The van der Waals surface area contributed by atoms with E-state index in [2.05, 4.69) is 10.1 Å². The second-order valence-electron chi connectivity index (χ2n) is 7.36. The van der Waals surface area contributed by atoms with E-state index < -0.39 is 6.36 Å². The van der Waals surface area contributed by atoms with Crippen LogP contribution < -0.4 is 10.1 Å². The van der Waals surface area contributed by atoms with Gasteiger partial charge < -0.3 is 15.0 Å². The third kappa shape index (κ3) is 4.55. The van der Waals surface area contributed by atoms with Crippen molar-refractivity contribution in [1.29, 1.82) is 0 Å². The zero-order valence-corrected chi connectivity index (χ0v) is 16.1. The summed E-state index contributed by atoms with van der Waals surface area (Å²) in [6.07, 6.45) is -3.02. The number of nitrogens with one attached hydrogen (secondary N) is 1. The summed E-state index contributed by atoms with van der Waals surface area (Å²) in [5.41, 5.74) is 0.634. The van der Waals surface area contributed by atoms with Gasteiger partial charge in [-0.15, -0.1) is 24.5 Å². The smallest absolute Gasteiger partial charge is 0.406 e. The molecule has 5 nitrogen and oxygen atoms in total. The molecule has 1 saturated heterocycles. The molecule has 3 atom stereocenters. The van der Waals surface area contributed by atoms with E-state index in [9.17, 15) is 22.8 Å². The minimum atomic E-state index is -4.73. The van der Waals surface area contributed by atoms with E-state index in [0.717, 1.165) is 12.8 Å². The van der Waals surface area contributed by atoms with Crippen LogP contribution in [-0.2, 0) is 11.2 Å². The van der Waals surface area contributed by atoms with Gasteiger partial charge in [-0.2, -0.15) is 0 Å². The number of fused-ring (bicyclic) bond motifs is 2. The molecule has 0 radical (unpaired) electrons.